The third-order valence-electron chi connectivity index (χ3n) is 4.86. The molecule has 1 aliphatic rings. The number of aromatic amines is 1. The van der Waals surface area contributed by atoms with Gasteiger partial charge in [0.25, 0.3) is 0 Å². The first kappa shape index (κ1) is 18.3. The number of aromatic nitrogens is 3. The second-order valence-corrected chi connectivity index (χ2v) is 7.79. The number of anilines is 2. The third kappa shape index (κ3) is 4.18. The quantitative estimate of drug-likeness (QED) is 0.277. The molecule has 0 amide bonds. The molecule has 0 spiro atoms. The van der Waals surface area contributed by atoms with Crippen molar-refractivity contribution in [3.05, 3.63) is 11.1 Å². The van der Waals surface area contributed by atoms with Crippen LogP contribution in [0.5, 0.6) is 0 Å². The highest BCUT2D eigenvalue weighted by molar-refractivity contribution is 7.16. The lowest BCUT2D eigenvalue weighted by molar-refractivity contribution is 0.425. The molecule has 1 aliphatic heterocycles. The second-order valence-electron chi connectivity index (χ2n) is 6.70. The van der Waals surface area contributed by atoms with Crippen molar-refractivity contribution in [3.63, 3.8) is 0 Å². The monoisotopic (exact) mass is 358 g/mol. The van der Waals surface area contributed by atoms with E-state index in [4.69, 9.17) is 13.7 Å². The third-order valence-corrected chi connectivity index (χ3v) is 5.91. The summed E-state index contributed by atoms with van der Waals surface area (Å²) in [5.41, 5.74) is 4.77. The molecule has 4 N–H and O–H groups in total. The number of H-pyrrole nitrogens is 1. The topological polar surface area (TPSA) is 82.9 Å². The van der Waals surface area contributed by atoms with Gasteiger partial charge in [-0.3, -0.25) is 10.5 Å². The molecule has 0 saturated heterocycles. The minimum atomic E-state index is 0.693. The number of thiazole rings is 1. The van der Waals surface area contributed by atoms with Gasteiger partial charge in [0.15, 0.2) is 5.13 Å². The molecular formula is C17H27BN6S. The summed E-state index contributed by atoms with van der Waals surface area (Å²) in [7, 11) is 5.66. The molecule has 2 aromatic rings. The zero-order chi connectivity index (χ0) is 17.6. The van der Waals surface area contributed by atoms with E-state index in [9.17, 15) is 0 Å². The van der Waals surface area contributed by atoms with Gasteiger partial charge >= 0.3 is 0 Å². The highest BCUT2D eigenvalue weighted by Gasteiger charge is 2.26. The van der Waals surface area contributed by atoms with Crippen molar-refractivity contribution in [2.75, 3.05) is 23.4 Å². The summed E-state index contributed by atoms with van der Waals surface area (Å²) < 4.78 is 0. The van der Waals surface area contributed by atoms with Gasteiger partial charge in [0, 0.05) is 24.4 Å². The van der Waals surface area contributed by atoms with Gasteiger partial charge in [-0.15, -0.1) is 11.3 Å². The number of hydrogen-bond acceptors (Lipinski definition) is 6. The van der Waals surface area contributed by atoms with E-state index in [1.807, 2.05) is 6.20 Å². The molecule has 8 heteroatoms. The van der Waals surface area contributed by atoms with Crippen LogP contribution in [0.15, 0.2) is 6.20 Å². The van der Waals surface area contributed by atoms with Gasteiger partial charge < -0.3 is 4.90 Å². The van der Waals surface area contributed by atoms with E-state index < -0.39 is 0 Å². The maximum atomic E-state index is 5.66. The summed E-state index contributed by atoms with van der Waals surface area (Å²) in [6.45, 7) is 4.30. The largest absolute Gasteiger partial charge is 0.356 e. The van der Waals surface area contributed by atoms with Crippen molar-refractivity contribution in [1.82, 2.24) is 15.2 Å². The number of nitrogens with zero attached hydrogens (tertiary/aromatic N) is 3. The Morgan fingerprint density at radius 2 is 2.32 bits per heavy atom. The van der Waals surface area contributed by atoms with E-state index in [1.165, 1.54) is 30.6 Å². The average molecular weight is 358 g/mol. The van der Waals surface area contributed by atoms with Gasteiger partial charge in [-0.1, -0.05) is 32.5 Å². The van der Waals surface area contributed by atoms with E-state index in [0.29, 0.717) is 5.92 Å². The van der Waals surface area contributed by atoms with Gasteiger partial charge in [-0.25, -0.2) is 10.8 Å². The Hall–Kier alpha value is -1.54. The van der Waals surface area contributed by atoms with E-state index in [0.717, 1.165) is 54.5 Å². The molecule has 0 fully saturated rings. The van der Waals surface area contributed by atoms with Crippen LogP contribution in [0.25, 0.3) is 11.3 Å². The van der Waals surface area contributed by atoms with Crippen LogP contribution in [-0.2, 0) is 6.42 Å². The highest BCUT2D eigenvalue weighted by Crippen LogP contribution is 2.38. The lowest BCUT2D eigenvalue weighted by Gasteiger charge is -2.28. The molecule has 0 aliphatic carbocycles. The Balaban J connectivity index is 1.77. The number of fused-ring (bicyclic) bond motifs is 3. The average Bonchev–Trinajstić information content (AvgIpc) is 3.22. The van der Waals surface area contributed by atoms with Crippen molar-refractivity contribution >= 4 is 30.1 Å². The molecule has 6 nitrogen and oxygen atoms in total. The maximum absolute atomic E-state index is 5.66. The zero-order valence-corrected chi connectivity index (χ0v) is 15.7. The first-order chi connectivity index (χ1) is 12.3. The van der Waals surface area contributed by atoms with Crippen LogP contribution in [0.2, 0.25) is 6.32 Å². The maximum Gasteiger partial charge on any atom is 0.197 e. The summed E-state index contributed by atoms with van der Waals surface area (Å²) in [6, 6.07) is 0. The first-order valence-corrected chi connectivity index (χ1v) is 10.0. The van der Waals surface area contributed by atoms with E-state index in [-0.39, 0.29) is 0 Å². The van der Waals surface area contributed by atoms with Gasteiger partial charge in [-0.05, 0) is 18.8 Å². The fourth-order valence-electron chi connectivity index (χ4n) is 3.64. The lowest BCUT2D eigenvalue weighted by Crippen LogP contribution is -2.31. The fourth-order valence-corrected chi connectivity index (χ4v) is 4.52. The summed E-state index contributed by atoms with van der Waals surface area (Å²) >= 11 is 1.63. The summed E-state index contributed by atoms with van der Waals surface area (Å²) in [5.74, 6) is 7.32. The predicted molar refractivity (Wildman–Crippen MR) is 106 cm³/mol. The standard InChI is InChI=1S/C17H27BN6S/c1-2-5-12(6-3-4-8-18)11-24-9-7-14-15(21-17(22-19)25-14)13-10-20-23-16(13)24/h10,12H,2-9,11,19H2,1H3,(H,20,23)(H,21,22). The Kier molecular flexibility index (Phi) is 6.37. The van der Waals surface area contributed by atoms with Crippen molar-refractivity contribution in [2.24, 2.45) is 11.8 Å². The van der Waals surface area contributed by atoms with Crippen molar-refractivity contribution in [3.8, 4) is 11.3 Å². The molecule has 3 rings (SSSR count). The summed E-state index contributed by atoms with van der Waals surface area (Å²) in [6.07, 6.45) is 9.71. The SMILES string of the molecule is [B]CCCCC(CCC)CN1CCc2sc(NN)nc2-c2cn[nH]c21. The molecular weight excluding hydrogens is 331 g/mol. The first-order valence-electron chi connectivity index (χ1n) is 9.21. The molecule has 25 heavy (non-hydrogen) atoms. The molecule has 3 heterocycles. The van der Waals surface area contributed by atoms with Gasteiger partial charge in [0.1, 0.15) is 5.82 Å². The van der Waals surface area contributed by atoms with E-state index in [2.05, 4.69) is 32.4 Å². The van der Waals surface area contributed by atoms with Crippen LogP contribution in [0, 0.1) is 5.92 Å². The van der Waals surface area contributed by atoms with Crippen LogP contribution in [0.1, 0.15) is 43.9 Å². The number of rotatable bonds is 9. The smallest absolute Gasteiger partial charge is 0.197 e. The number of unbranched alkanes of at least 4 members (excludes halogenated alkanes) is 1. The normalized spacial score (nSPS) is 14.7. The minimum absolute atomic E-state index is 0.693. The van der Waals surface area contributed by atoms with Crippen LogP contribution in [0.3, 0.4) is 0 Å². The van der Waals surface area contributed by atoms with E-state index >= 15 is 0 Å². The summed E-state index contributed by atoms with van der Waals surface area (Å²) in [4.78, 5) is 8.36. The molecule has 0 aromatic carbocycles. The van der Waals surface area contributed by atoms with Crippen molar-refractivity contribution in [2.45, 2.75) is 51.8 Å². The van der Waals surface area contributed by atoms with Crippen LogP contribution >= 0.6 is 11.3 Å². The fraction of sp³-hybridized carbons (Fsp3) is 0.647. The molecule has 2 aromatic heterocycles. The Morgan fingerprint density at radius 3 is 3.08 bits per heavy atom. The molecule has 1 atom stereocenters. The Bertz CT molecular complexity index is 670. The second kappa shape index (κ2) is 8.71. The highest BCUT2D eigenvalue weighted by atomic mass is 32.1. The van der Waals surface area contributed by atoms with Crippen molar-refractivity contribution in [1.29, 1.82) is 0 Å². The van der Waals surface area contributed by atoms with Crippen LogP contribution in [-0.4, -0.2) is 36.1 Å². The van der Waals surface area contributed by atoms with Crippen LogP contribution < -0.4 is 16.2 Å². The molecule has 0 saturated carbocycles. The number of nitrogen functional groups attached to an aromatic ring is 1. The number of nitrogens with one attached hydrogen (secondary N) is 2. The number of nitrogens with two attached hydrogens (primary N) is 1. The Morgan fingerprint density at radius 1 is 1.44 bits per heavy atom. The zero-order valence-electron chi connectivity index (χ0n) is 14.9. The molecule has 2 radical (unpaired) electrons. The predicted octanol–water partition coefficient (Wildman–Crippen LogP) is 3.35. The van der Waals surface area contributed by atoms with Crippen LogP contribution in [0.4, 0.5) is 10.9 Å². The Labute approximate surface area is 155 Å². The van der Waals surface area contributed by atoms with Crippen molar-refractivity contribution < 1.29 is 0 Å². The van der Waals surface area contributed by atoms with Gasteiger partial charge in [0.05, 0.1) is 25.3 Å². The molecule has 1 unspecified atom stereocenters. The van der Waals surface area contributed by atoms with E-state index in [1.54, 1.807) is 11.3 Å². The van der Waals surface area contributed by atoms with Gasteiger partial charge in [-0.2, -0.15) is 5.10 Å². The molecule has 0 bridgehead atoms. The molecule has 134 valence electrons. The number of hydrogen-bond donors (Lipinski definition) is 3. The number of hydrazine groups is 1. The summed E-state index contributed by atoms with van der Waals surface area (Å²) in [5, 5.41) is 8.25. The van der Waals surface area contributed by atoms with Gasteiger partial charge in [0.2, 0.25) is 0 Å². The minimum Gasteiger partial charge on any atom is -0.356 e. The lowest BCUT2D eigenvalue weighted by atomic mass is 9.92.